The third-order valence-electron chi connectivity index (χ3n) is 9.14. The van der Waals surface area contributed by atoms with Crippen molar-refractivity contribution in [2.45, 2.75) is 70.4 Å². The van der Waals surface area contributed by atoms with E-state index in [1.807, 2.05) is 44.7 Å². The van der Waals surface area contributed by atoms with Crippen molar-refractivity contribution in [2.24, 2.45) is 5.92 Å². The van der Waals surface area contributed by atoms with Crippen LogP contribution >= 0.6 is 23.2 Å². The smallest absolute Gasteiger partial charge is 0.320 e. The Labute approximate surface area is 280 Å². The molecule has 246 valence electrons. The molecule has 1 amide bonds. The molecule has 1 saturated heterocycles. The number of fused-ring (bicyclic) bond motifs is 1. The Morgan fingerprint density at radius 1 is 1.02 bits per heavy atom. The number of esters is 1. The topological polar surface area (TPSA) is 79.3 Å². The van der Waals surface area contributed by atoms with Crippen LogP contribution in [-0.2, 0) is 32.1 Å². The lowest BCUT2D eigenvalue weighted by Crippen LogP contribution is -2.46. The average molecular weight is 672 g/mol. The number of hydrogen-bond acceptors (Lipinski definition) is 6. The summed E-state index contributed by atoms with van der Waals surface area (Å²) in [6.07, 6.45) is 1.50. The molecule has 1 N–H and O–H groups in total. The zero-order chi connectivity index (χ0) is 33.4. The lowest BCUT2D eigenvalue weighted by molar-refractivity contribution is -0.156. The Hall–Kier alpha value is -3.01. The highest BCUT2D eigenvalue weighted by Crippen LogP contribution is 2.49. The minimum Gasteiger partial charge on any atom is -0.459 e. The zero-order valence-corrected chi connectivity index (χ0v) is 28.4. The van der Waals surface area contributed by atoms with Gasteiger partial charge in [-0.05, 0) is 107 Å². The van der Waals surface area contributed by atoms with Gasteiger partial charge in [-0.1, -0.05) is 54.4 Å². The standard InChI is InChI=1S/C36H41Cl2FN2O5/c1-6-35(44,24-15-17-40(18-16-24)22-31(42)46-34(2,3)4)26-19-29-32(30(39)20-26)36(45-5,25-9-13-28(38)14-10-25)41(33(29)43)21-23-7-11-27(37)12-8-23/h7-14,19-20,24,44H,6,15-18,21-22H2,1-5H3/t35-,36-/m1/s1. The summed E-state index contributed by atoms with van der Waals surface area (Å²) in [6.45, 7) is 8.81. The number of amides is 1. The molecule has 0 aromatic heterocycles. The molecule has 10 heteroatoms. The first kappa shape index (κ1) is 34.3. The highest BCUT2D eigenvalue weighted by atomic mass is 35.5. The molecule has 3 aromatic carbocycles. The summed E-state index contributed by atoms with van der Waals surface area (Å²) in [6, 6.07) is 16.9. The molecule has 0 saturated carbocycles. The first-order chi connectivity index (χ1) is 21.7. The Morgan fingerprint density at radius 2 is 1.61 bits per heavy atom. The number of methoxy groups -OCH3 is 1. The first-order valence-corrected chi connectivity index (χ1v) is 16.4. The molecule has 2 heterocycles. The lowest BCUT2D eigenvalue weighted by atomic mass is 9.73. The van der Waals surface area contributed by atoms with Crippen LogP contribution in [0.2, 0.25) is 10.0 Å². The number of aliphatic hydroxyl groups is 1. The predicted octanol–water partition coefficient (Wildman–Crippen LogP) is 7.29. The third-order valence-corrected chi connectivity index (χ3v) is 9.65. The van der Waals surface area contributed by atoms with E-state index in [-0.39, 0.29) is 36.1 Å². The molecule has 0 unspecified atom stereocenters. The van der Waals surface area contributed by atoms with Crippen LogP contribution < -0.4 is 0 Å². The number of halogens is 3. The fraction of sp³-hybridized carbons (Fsp3) is 0.444. The summed E-state index contributed by atoms with van der Waals surface area (Å²) in [5, 5.41) is 13.2. The van der Waals surface area contributed by atoms with Crippen molar-refractivity contribution in [3.63, 3.8) is 0 Å². The van der Waals surface area contributed by atoms with E-state index in [4.69, 9.17) is 32.7 Å². The Kier molecular flexibility index (Phi) is 9.88. The number of hydrogen-bond donors (Lipinski definition) is 1. The van der Waals surface area contributed by atoms with Gasteiger partial charge in [0.15, 0.2) is 5.72 Å². The largest absolute Gasteiger partial charge is 0.459 e. The summed E-state index contributed by atoms with van der Waals surface area (Å²) < 4.78 is 28.3. The number of carbonyl (C=O) groups is 2. The van der Waals surface area contributed by atoms with E-state index in [0.29, 0.717) is 53.5 Å². The summed E-state index contributed by atoms with van der Waals surface area (Å²) in [7, 11) is 1.45. The molecule has 2 aliphatic rings. The van der Waals surface area contributed by atoms with Gasteiger partial charge in [0, 0.05) is 29.3 Å². The fourth-order valence-electron chi connectivity index (χ4n) is 6.91. The van der Waals surface area contributed by atoms with Crippen LogP contribution in [0.1, 0.15) is 79.6 Å². The zero-order valence-electron chi connectivity index (χ0n) is 26.9. The SMILES string of the molecule is CC[C@](O)(c1cc(F)c2c(c1)C(=O)N(Cc1ccc(Cl)cc1)[C@@]2(OC)c1ccc(Cl)cc1)C1CCN(CC(=O)OC(C)(C)C)CC1. The van der Waals surface area contributed by atoms with E-state index in [1.165, 1.54) is 18.1 Å². The van der Waals surface area contributed by atoms with Gasteiger partial charge in [0.1, 0.15) is 11.4 Å². The van der Waals surface area contributed by atoms with Crippen molar-refractivity contribution in [1.82, 2.24) is 9.80 Å². The van der Waals surface area contributed by atoms with E-state index < -0.39 is 28.7 Å². The second-order valence-corrected chi connectivity index (χ2v) is 14.0. The normalized spacial score (nSPS) is 20.5. The molecular formula is C36H41Cl2FN2O5. The van der Waals surface area contributed by atoms with Crippen molar-refractivity contribution in [1.29, 1.82) is 0 Å². The predicted molar refractivity (Wildman–Crippen MR) is 176 cm³/mol. The third kappa shape index (κ3) is 6.56. The Balaban J connectivity index is 1.50. The van der Waals surface area contributed by atoms with Gasteiger partial charge in [0.05, 0.1) is 23.3 Å². The van der Waals surface area contributed by atoms with Gasteiger partial charge in [-0.3, -0.25) is 19.4 Å². The highest BCUT2D eigenvalue weighted by Gasteiger charge is 2.54. The second kappa shape index (κ2) is 13.2. The number of nitrogens with zero attached hydrogens (tertiary/aromatic N) is 2. The molecule has 3 aromatic rings. The molecule has 46 heavy (non-hydrogen) atoms. The molecular weight excluding hydrogens is 630 g/mol. The van der Waals surface area contributed by atoms with Crippen molar-refractivity contribution in [3.8, 4) is 0 Å². The first-order valence-electron chi connectivity index (χ1n) is 15.6. The minimum atomic E-state index is -1.59. The number of carbonyl (C=O) groups excluding carboxylic acids is 2. The van der Waals surface area contributed by atoms with Crippen LogP contribution in [0.5, 0.6) is 0 Å². The molecule has 0 spiro atoms. The summed E-state index contributed by atoms with van der Waals surface area (Å²) in [5.74, 6) is -1.57. The average Bonchev–Trinajstić information content (AvgIpc) is 3.25. The molecule has 1 fully saturated rings. The molecule has 0 radical (unpaired) electrons. The van der Waals surface area contributed by atoms with Gasteiger partial charge in [-0.15, -0.1) is 0 Å². The number of piperidine rings is 1. The van der Waals surface area contributed by atoms with Crippen LogP contribution in [0.15, 0.2) is 60.7 Å². The highest BCUT2D eigenvalue weighted by molar-refractivity contribution is 6.30. The van der Waals surface area contributed by atoms with Gasteiger partial charge < -0.3 is 14.6 Å². The van der Waals surface area contributed by atoms with Crippen LogP contribution in [0.4, 0.5) is 4.39 Å². The Bertz CT molecular complexity index is 1590. The number of rotatable bonds is 9. The van der Waals surface area contributed by atoms with Crippen LogP contribution in [0, 0.1) is 11.7 Å². The lowest BCUT2D eigenvalue weighted by Gasteiger charge is -2.42. The van der Waals surface area contributed by atoms with Crippen molar-refractivity contribution in [3.05, 3.63) is 104 Å². The minimum absolute atomic E-state index is 0.0886. The number of likely N-dealkylation sites (tertiary alicyclic amines) is 1. The molecule has 2 atom stereocenters. The van der Waals surface area contributed by atoms with Gasteiger partial charge >= 0.3 is 5.97 Å². The Morgan fingerprint density at radius 3 is 2.15 bits per heavy atom. The maximum absolute atomic E-state index is 16.6. The van der Waals surface area contributed by atoms with Gasteiger partial charge in [0.2, 0.25) is 0 Å². The molecule has 0 aliphatic carbocycles. The summed E-state index contributed by atoms with van der Waals surface area (Å²) in [5.41, 5.74) is -1.66. The van der Waals surface area contributed by atoms with E-state index in [2.05, 4.69) is 0 Å². The quantitative estimate of drug-likeness (QED) is 0.241. The van der Waals surface area contributed by atoms with Crippen molar-refractivity contribution >= 4 is 35.1 Å². The fourth-order valence-corrected chi connectivity index (χ4v) is 7.16. The van der Waals surface area contributed by atoms with Crippen LogP contribution in [-0.4, -0.2) is 59.1 Å². The molecule has 0 bridgehead atoms. The van der Waals surface area contributed by atoms with Crippen LogP contribution in [0.25, 0.3) is 0 Å². The van der Waals surface area contributed by atoms with E-state index in [9.17, 15) is 14.7 Å². The maximum atomic E-state index is 16.6. The van der Waals surface area contributed by atoms with Gasteiger partial charge in [0.25, 0.3) is 5.91 Å². The van der Waals surface area contributed by atoms with Crippen molar-refractivity contribution < 1.29 is 28.6 Å². The molecule has 2 aliphatic heterocycles. The monoisotopic (exact) mass is 670 g/mol. The van der Waals surface area contributed by atoms with Gasteiger partial charge in [-0.2, -0.15) is 0 Å². The van der Waals surface area contributed by atoms with E-state index >= 15 is 4.39 Å². The summed E-state index contributed by atoms with van der Waals surface area (Å²) >= 11 is 12.3. The molecule has 7 nitrogen and oxygen atoms in total. The maximum Gasteiger partial charge on any atom is 0.320 e. The van der Waals surface area contributed by atoms with Gasteiger partial charge in [-0.25, -0.2) is 4.39 Å². The van der Waals surface area contributed by atoms with Crippen molar-refractivity contribution in [2.75, 3.05) is 26.7 Å². The second-order valence-electron chi connectivity index (χ2n) is 13.2. The van der Waals surface area contributed by atoms with E-state index in [1.54, 1.807) is 42.5 Å². The van der Waals surface area contributed by atoms with Crippen LogP contribution in [0.3, 0.4) is 0 Å². The van der Waals surface area contributed by atoms with E-state index in [0.717, 1.165) is 5.56 Å². The number of ether oxygens (including phenoxy) is 2. The molecule has 5 rings (SSSR count). The number of benzene rings is 3. The summed E-state index contributed by atoms with van der Waals surface area (Å²) in [4.78, 5) is 30.2.